The van der Waals surface area contributed by atoms with Crippen molar-refractivity contribution in [2.24, 2.45) is 0 Å². The van der Waals surface area contributed by atoms with Crippen molar-refractivity contribution in [2.45, 2.75) is 12.8 Å². The van der Waals surface area contributed by atoms with Gasteiger partial charge in [-0.05, 0) is 30.2 Å². The molecule has 3 N–H and O–H groups in total. The van der Waals surface area contributed by atoms with E-state index in [0.29, 0.717) is 18.2 Å². The van der Waals surface area contributed by atoms with Crippen LogP contribution in [0.1, 0.15) is 12.0 Å². The Morgan fingerprint density at radius 1 is 1.24 bits per heavy atom. The van der Waals surface area contributed by atoms with Crippen LogP contribution in [0.4, 0.5) is 20.2 Å². The largest absolute Gasteiger partial charge is 0.399 e. The molecule has 0 aliphatic rings. The molecule has 110 valence electrons. The van der Waals surface area contributed by atoms with Crippen LogP contribution < -0.4 is 11.1 Å². The summed E-state index contributed by atoms with van der Waals surface area (Å²) in [5, 5.41) is 2.17. The molecule has 0 heterocycles. The minimum absolute atomic E-state index is 0.136. The number of halogens is 3. The fraction of sp³-hybridized carbons (Fsp3) is 0.133. The highest BCUT2D eigenvalue weighted by molar-refractivity contribution is 6.33. The number of hydrogen-bond acceptors (Lipinski definition) is 2. The second-order valence-electron chi connectivity index (χ2n) is 4.54. The Bertz CT molecular complexity index is 653. The number of amides is 1. The average molecular weight is 311 g/mol. The van der Waals surface area contributed by atoms with E-state index in [1.54, 1.807) is 18.2 Å². The van der Waals surface area contributed by atoms with E-state index in [1.807, 2.05) is 6.07 Å². The standard InChI is InChI=1S/C15H13ClF2N2O/c16-12-7-10(17)8-13(18)15(12)20-14(21)5-4-9-2-1-3-11(19)6-9/h1-3,6-8H,4-5,19H2,(H,20,21). The number of benzene rings is 2. The van der Waals surface area contributed by atoms with Crippen molar-refractivity contribution < 1.29 is 13.6 Å². The third-order valence-corrected chi connectivity index (χ3v) is 3.16. The molecule has 2 aromatic rings. The number of aryl methyl sites for hydroxylation is 1. The van der Waals surface area contributed by atoms with Crippen molar-refractivity contribution in [3.8, 4) is 0 Å². The zero-order chi connectivity index (χ0) is 15.4. The van der Waals surface area contributed by atoms with Crippen molar-refractivity contribution in [3.05, 3.63) is 58.6 Å². The third-order valence-electron chi connectivity index (χ3n) is 2.86. The highest BCUT2D eigenvalue weighted by atomic mass is 35.5. The molecule has 0 aliphatic heterocycles. The van der Waals surface area contributed by atoms with Crippen LogP contribution in [-0.2, 0) is 11.2 Å². The van der Waals surface area contributed by atoms with Gasteiger partial charge in [0.05, 0.1) is 10.7 Å². The summed E-state index contributed by atoms with van der Waals surface area (Å²) in [6.07, 6.45) is 0.591. The van der Waals surface area contributed by atoms with Crippen molar-refractivity contribution >= 4 is 28.9 Å². The number of nitrogens with one attached hydrogen (secondary N) is 1. The van der Waals surface area contributed by atoms with Gasteiger partial charge in [-0.3, -0.25) is 4.79 Å². The molecule has 3 nitrogen and oxygen atoms in total. The van der Waals surface area contributed by atoms with E-state index in [1.165, 1.54) is 0 Å². The van der Waals surface area contributed by atoms with Gasteiger partial charge in [-0.1, -0.05) is 23.7 Å². The van der Waals surface area contributed by atoms with Gasteiger partial charge in [-0.2, -0.15) is 0 Å². The Hall–Kier alpha value is -2.14. The molecule has 6 heteroatoms. The van der Waals surface area contributed by atoms with Gasteiger partial charge in [-0.15, -0.1) is 0 Å². The summed E-state index contributed by atoms with van der Waals surface area (Å²) >= 11 is 5.71. The average Bonchev–Trinajstić information content (AvgIpc) is 2.40. The number of carbonyl (C=O) groups excluding carboxylic acids is 1. The van der Waals surface area contributed by atoms with Gasteiger partial charge in [0.15, 0.2) is 5.82 Å². The number of nitrogen functional groups attached to an aromatic ring is 1. The number of hydrogen-bond donors (Lipinski definition) is 2. The second kappa shape index (κ2) is 6.54. The van der Waals surface area contributed by atoms with Gasteiger partial charge >= 0.3 is 0 Å². The van der Waals surface area contributed by atoms with Crippen LogP contribution in [0.25, 0.3) is 0 Å². The normalized spacial score (nSPS) is 10.4. The molecule has 2 rings (SSSR count). The van der Waals surface area contributed by atoms with Crippen LogP contribution in [-0.4, -0.2) is 5.91 Å². The minimum Gasteiger partial charge on any atom is -0.399 e. The topological polar surface area (TPSA) is 55.1 Å². The first-order valence-electron chi connectivity index (χ1n) is 6.24. The lowest BCUT2D eigenvalue weighted by molar-refractivity contribution is -0.116. The molecule has 1 amide bonds. The fourth-order valence-electron chi connectivity index (χ4n) is 1.87. The molecule has 0 aromatic heterocycles. The molecule has 0 saturated heterocycles. The Morgan fingerprint density at radius 3 is 2.67 bits per heavy atom. The van der Waals surface area contributed by atoms with Gasteiger partial charge in [0.2, 0.25) is 5.91 Å². The Balaban J connectivity index is 1.99. The molecule has 0 fully saturated rings. The summed E-state index contributed by atoms with van der Waals surface area (Å²) in [6.45, 7) is 0. The number of nitrogens with two attached hydrogens (primary N) is 1. The van der Waals surface area contributed by atoms with E-state index >= 15 is 0 Å². The van der Waals surface area contributed by atoms with Gasteiger partial charge in [0, 0.05) is 18.2 Å². The highest BCUT2D eigenvalue weighted by Gasteiger charge is 2.13. The minimum atomic E-state index is -0.905. The van der Waals surface area contributed by atoms with E-state index in [9.17, 15) is 13.6 Å². The van der Waals surface area contributed by atoms with Crippen LogP contribution in [0.5, 0.6) is 0 Å². The number of anilines is 2. The zero-order valence-corrected chi connectivity index (χ0v) is 11.8. The van der Waals surface area contributed by atoms with Crippen molar-refractivity contribution in [2.75, 3.05) is 11.1 Å². The quantitative estimate of drug-likeness (QED) is 0.845. The SMILES string of the molecule is Nc1cccc(CCC(=O)Nc2c(F)cc(F)cc2Cl)c1. The zero-order valence-electron chi connectivity index (χ0n) is 11.0. The molecule has 0 aliphatic carbocycles. The molecule has 0 radical (unpaired) electrons. The summed E-state index contributed by atoms with van der Waals surface area (Å²) in [5.41, 5.74) is 6.94. The first-order chi connectivity index (χ1) is 9.95. The highest BCUT2D eigenvalue weighted by Crippen LogP contribution is 2.26. The molecular weight excluding hydrogens is 298 g/mol. The number of carbonyl (C=O) groups is 1. The first kappa shape index (κ1) is 15.3. The van der Waals surface area contributed by atoms with Crippen molar-refractivity contribution in [1.82, 2.24) is 0 Å². The molecule has 0 saturated carbocycles. The summed E-state index contributed by atoms with van der Waals surface area (Å²) in [5.74, 6) is -2.11. The van der Waals surface area contributed by atoms with E-state index in [0.717, 1.165) is 11.6 Å². The molecule has 21 heavy (non-hydrogen) atoms. The van der Waals surface area contributed by atoms with E-state index in [4.69, 9.17) is 17.3 Å². The summed E-state index contributed by atoms with van der Waals surface area (Å²) in [4.78, 5) is 11.8. The summed E-state index contributed by atoms with van der Waals surface area (Å²) in [6, 6.07) is 8.75. The van der Waals surface area contributed by atoms with Crippen LogP contribution in [0, 0.1) is 11.6 Å². The monoisotopic (exact) mass is 310 g/mol. The Morgan fingerprint density at radius 2 is 2.00 bits per heavy atom. The molecular formula is C15H13ClF2N2O. The molecule has 2 aromatic carbocycles. The van der Waals surface area contributed by atoms with E-state index < -0.39 is 17.5 Å². The lowest BCUT2D eigenvalue weighted by atomic mass is 10.1. The molecule has 0 spiro atoms. The van der Waals surface area contributed by atoms with Crippen LogP contribution in [0.15, 0.2) is 36.4 Å². The predicted octanol–water partition coefficient (Wildman–Crippen LogP) is 3.77. The lowest BCUT2D eigenvalue weighted by Crippen LogP contribution is -2.14. The van der Waals surface area contributed by atoms with E-state index in [2.05, 4.69) is 5.32 Å². The van der Waals surface area contributed by atoms with Gasteiger partial charge in [0.25, 0.3) is 0 Å². The Kier molecular flexibility index (Phi) is 4.75. The van der Waals surface area contributed by atoms with Gasteiger partial charge in [-0.25, -0.2) is 8.78 Å². The molecule has 0 atom stereocenters. The Labute approximate surface area is 125 Å². The van der Waals surface area contributed by atoms with Gasteiger partial charge in [0.1, 0.15) is 5.82 Å². The summed E-state index contributed by atoms with van der Waals surface area (Å²) in [7, 11) is 0. The van der Waals surface area contributed by atoms with E-state index in [-0.39, 0.29) is 17.1 Å². The second-order valence-corrected chi connectivity index (χ2v) is 4.94. The lowest BCUT2D eigenvalue weighted by Gasteiger charge is -2.09. The van der Waals surface area contributed by atoms with Crippen LogP contribution in [0.2, 0.25) is 5.02 Å². The smallest absolute Gasteiger partial charge is 0.224 e. The maximum atomic E-state index is 13.5. The van der Waals surface area contributed by atoms with Crippen molar-refractivity contribution in [1.29, 1.82) is 0 Å². The number of rotatable bonds is 4. The molecule has 0 bridgehead atoms. The fourth-order valence-corrected chi connectivity index (χ4v) is 2.11. The maximum absolute atomic E-state index is 13.5. The predicted molar refractivity (Wildman–Crippen MR) is 79.2 cm³/mol. The van der Waals surface area contributed by atoms with Gasteiger partial charge < -0.3 is 11.1 Å². The molecule has 0 unspecified atom stereocenters. The van der Waals surface area contributed by atoms with Crippen LogP contribution >= 0.6 is 11.6 Å². The first-order valence-corrected chi connectivity index (χ1v) is 6.62. The third kappa shape index (κ3) is 4.16. The maximum Gasteiger partial charge on any atom is 0.224 e. The van der Waals surface area contributed by atoms with Crippen molar-refractivity contribution in [3.63, 3.8) is 0 Å². The summed E-state index contributed by atoms with van der Waals surface area (Å²) < 4.78 is 26.4. The van der Waals surface area contributed by atoms with Crippen LogP contribution in [0.3, 0.4) is 0 Å².